The first-order valence-corrected chi connectivity index (χ1v) is 13.6. The van der Waals surface area contributed by atoms with Gasteiger partial charge >= 0.3 is 0 Å². The minimum atomic E-state index is -2.63. The van der Waals surface area contributed by atoms with E-state index >= 15 is 0 Å². The van der Waals surface area contributed by atoms with Crippen LogP contribution in [0.2, 0.25) is 0 Å². The number of aliphatic hydroxyl groups is 3. The van der Waals surface area contributed by atoms with Crippen molar-refractivity contribution in [3.8, 4) is 5.75 Å². The number of nitrogens with zero attached hydrogens (tertiary/aromatic N) is 2. The molecule has 39 heavy (non-hydrogen) atoms. The molecule has 4 aliphatic rings. The number of rotatable bonds is 6. The van der Waals surface area contributed by atoms with Crippen molar-refractivity contribution in [3.63, 3.8) is 0 Å². The molecule has 2 fully saturated rings. The molecule has 5 rings (SSSR count). The standard InChI is InChI=1S/C29H37N3O7/c1-4-31(2)9-7-28-13-17-11-16-10-15(18-6-5-8-32(18)3)12-19(33)21(16)24(35)22(17)25(36)29(28,39)26(37)23(27(30)38)20(34)14-28/h10,12,17-18,33,35,37,39H,4-9,11,13-14H2,1-3H3,(H2,30,38)/t17?,18?,28-,29-/m0/s1. The Morgan fingerprint density at radius 2 is 1.95 bits per heavy atom. The third-order valence-electron chi connectivity index (χ3n) is 9.59. The van der Waals surface area contributed by atoms with Crippen LogP contribution in [0.5, 0.6) is 5.75 Å². The third-order valence-corrected chi connectivity index (χ3v) is 9.59. The number of ketones is 2. The Labute approximate surface area is 227 Å². The minimum Gasteiger partial charge on any atom is -0.508 e. The van der Waals surface area contributed by atoms with Gasteiger partial charge in [0.2, 0.25) is 5.78 Å². The highest BCUT2D eigenvalue weighted by Crippen LogP contribution is 2.59. The van der Waals surface area contributed by atoms with Gasteiger partial charge in [-0.05, 0) is 88.9 Å². The summed E-state index contributed by atoms with van der Waals surface area (Å²) in [6, 6.07) is 3.70. The third kappa shape index (κ3) is 3.91. The maximum absolute atomic E-state index is 14.1. The summed E-state index contributed by atoms with van der Waals surface area (Å²) in [5.74, 6) is -5.14. The van der Waals surface area contributed by atoms with E-state index in [1.165, 1.54) is 0 Å². The number of primary amides is 1. The number of Topliss-reactive ketones (excluding diaryl/α,β-unsaturated/α-hetero) is 2. The zero-order valence-corrected chi connectivity index (χ0v) is 22.7. The highest BCUT2D eigenvalue weighted by molar-refractivity contribution is 6.23. The number of phenols is 1. The van der Waals surface area contributed by atoms with E-state index in [1.807, 2.05) is 32.0 Å². The molecule has 1 saturated carbocycles. The number of likely N-dealkylation sites (tertiary alicyclic amines) is 1. The molecule has 10 heteroatoms. The van der Waals surface area contributed by atoms with Gasteiger partial charge in [0.25, 0.3) is 5.91 Å². The van der Waals surface area contributed by atoms with Crippen molar-refractivity contribution in [1.29, 1.82) is 0 Å². The fourth-order valence-corrected chi connectivity index (χ4v) is 7.34. The first-order valence-electron chi connectivity index (χ1n) is 13.6. The van der Waals surface area contributed by atoms with E-state index in [2.05, 4.69) is 4.90 Å². The van der Waals surface area contributed by atoms with Gasteiger partial charge in [-0.1, -0.05) is 13.0 Å². The zero-order chi connectivity index (χ0) is 28.4. The maximum Gasteiger partial charge on any atom is 0.255 e. The predicted octanol–water partition coefficient (Wildman–Crippen LogP) is 1.90. The van der Waals surface area contributed by atoms with Crippen LogP contribution in [0.1, 0.15) is 61.8 Å². The molecule has 0 spiro atoms. The largest absolute Gasteiger partial charge is 0.508 e. The van der Waals surface area contributed by atoms with E-state index in [-0.39, 0.29) is 42.2 Å². The van der Waals surface area contributed by atoms with E-state index in [4.69, 9.17) is 5.73 Å². The van der Waals surface area contributed by atoms with Gasteiger partial charge in [0.15, 0.2) is 11.4 Å². The summed E-state index contributed by atoms with van der Waals surface area (Å²) >= 11 is 0. The molecule has 210 valence electrons. The Kier molecular flexibility index (Phi) is 6.64. The van der Waals surface area contributed by atoms with Gasteiger partial charge in [-0.2, -0.15) is 0 Å². The molecule has 3 aliphatic carbocycles. The Hall–Kier alpha value is -3.21. The Balaban J connectivity index is 1.67. The van der Waals surface area contributed by atoms with Gasteiger partial charge in [0, 0.05) is 23.5 Å². The summed E-state index contributed by atoms with van der Waals surface area (Å²) < 4.78 is 0. The fraction of sp³-hybridized carbons (Fsp3) is 0.552. The van der Waals surface area contributed by atoms with Gasteiger partial charge in [-0.15, -0.1) is 0 Å². The van der Waals surface area contributed by atoms with Crippen LogP contribution < -0.4 is 5.73 Å². The number of amides is 1. The molecule has 2 unspecified atom stereocenters. The molecule has 1 amide bonds. The lowest BCUT2D eigenvalue weighted by Gasteiger charge is -2.54. The second kappa shape index (κ2) is 9.46. The zero-order valence-electron chi connectivity index (χ0n) is 22.7. The number of benzene rings is 1. The summed E-state index contributed by atoms with van der Waals surface area (Å²) in [5.41, 5.74) is 2.19. The minimum absolute atomic E-state index is 0.113. The highest BCUT2D eigenvalue weighted by Gasteiger charge is 2.68. The average Bonchev–Trinajstić information content (AvgIpc) is 3.30. The van der Waals surface area contributed by atoms with Crippen LogP contribution in [-0.2, 0) is 20.8 Å². The molecule has 1 saturated heterocycles. The van der Waals surface area contributed by atoms with Crippen LogP contribution >= 0.6 is 0 Å². The number of aliphatic hydroxyl groups excluding tert-OH is 2. The monoisotopic (exact) mass is 539 g/mol. The predicted molar refractivity (Wildman–Crippen MR) is 143 cm³/mol. The second-order valence-corrected chi connectivity index (χ2v) is 11.7. The molecule has 1 aromatic rings. The number of phenolic OH excluding ortho intramolecular Hbond substituents is 1. The lowest BCUT2D eigenvalue weighted by Crippen LogP contribution is -2.65. The van der Waals surface area contributed by atoms with E-state index < -0.39 is 51.5 Å². The Morgan fingerprint density at radius 1 is 1.23 bits per heavy atom. The molecule has 10 nitrogen and oxygen atoms in total. The van der Waals surface area contributed by atoms with Crippen LogP contribution in [0.3, 0.4) is 0 Å². The first-order chi connectivity index (χ1) is 18.4. The van der Waals surface area contributed by atoms with Crippen LogP contribution in [0, 0.1) is 11.3 Å². The molecule has 4 atom stereocenters. The number of fused-ring (bicyclic) bond motifs is 3. The molecule has 0 radical (unpaired) electrons. The highest BCUT2D eigenvalue weighted by atomic mass is 16.3. The van der Waals surface area contributed by atoms with Crippen LogP contribution in [0.4, 0.5) is 0 Å². The summed E-state index contributed by atoms with van der Waals surface area (Å²) in [7, 11) is 3.90. The number of hydrogen-bond acceptors (Lipinski definition) is 9. The maximum atomic E-state index is 14.1. The van der Waals surface area contributed by atoms with E-state index in [0.717, 1.165) is 24.9 Å². The van der Waals surface area contributed by atoms with Crippen molar-refractivity contribution in [2.75, 3.05) is 33.7 Å². The summed E-state index contributed by atoms with van der Waals surface area (Å²) in [6.45, 7) is 4.00. The van der Waals surface area contributed by atoms with Gasteiger partial charge in [-0.3, -0.25) is 19.3 Å². The van der Waals surface area contributed by atoms with Crippen molar-refractivity contribution in [3.05, 3.63) is 45.7 Å². The summed E-state index contributed by atoms with van der Waals surface area (Å²) in [5, 5.41) is 45.6. The molecule has 0 bridgehead atoms. The van der Waals surface area contributed by atoms with Crippen LogP contribution in [-0.4, -0.2) is 87.0 Å². The molecule has 1 heterocycles. The van der Waals surface area contributed by atoms with Gasteiger partial charge in [0.05, 0.1) is 5.56 Å². The molecular formula is C29H37N3O7. The molecular weight excluding hydrogens is 502 g/mol. The molecule has 6 N–H and O–H groups in total. The van der Waals surface area contributed by atoms with Crippen LogP contribution in [0.25, 0.3) is 5.76 Å². The number of aromatic hydroxyl groups is 1. The summed E-state index contributed by atoms with van der Waals surface area (Å²) in [4.78, 5) is 43.5. The lowest BCUT2D eigenvalue weighted by molar-refractivity contribution is -0.165. The van der Waals surface area contributed by atoms with E-state index in [9.17, 15) is 34.8 Å². The smallest absolute Gasteiger partial charge is 0.255 e. The number of carbonyl (C=O) groups excluding carboxylic acids is 3. The summed E-state index contributed by atoms with van der Waals surface area (Å²) in [6.07, 6.45) is 2.25. The van der Waals surface area contributed by atoms with E-state index in [1.54, 1.807) is 6.07 Å². The number of nitrogens with two attached hydrogens (primary N) is 1. The van der Waals surface area contributed by atoms with Crippen molar-refractivity contribution in [2.45, 2.75) is 57.1 Å². The number of hydrogen-bond donors (Lipinski definition) is 5. The first kappa shape index (κ1) is 27.4. The SMILES string of the molecule is CCN(C)CC[C@]12CC(=O)C(C(N)=O)=C(O)[C@@]1(O)C(=O)C1=C(O)c3c(O)cc(C4CCCN4C)cc3CC1C2. The van der Waals surface area contributed by atoms with Crippen molar-refractivity contribution >= 4 is 23.2 Å². The topological polar surface area (TPSA) is 165 Å². The normalized spacial score (nSPS) is 31.0. The molecule has 1 aromatic carbocycles. The quantitative estimate of drug-likeness (QED) is 0.340. The second-order valence-electron chi connectivity index (χ2n) is 11.7. The van der Waals surface area contributed by atoms with Gasteiger partial charge < -0.3 is 31.1 Å². The van der Waals surface area contributed by atoms with Gasteiger partial charge in [-0.25, -0.2) is 0 Å². The number of carbonyl (C=O) groups is 3. The van der Waals surface area contributed by atoms with Crippen LogP contribution in [0.15, 0.2) is 29.0 Å². The molecule has 1 aliphatic heterocycles. The Morgan fingerprint density at radius 3 is 2.56 bits per heavy atom. The van der Waals surface area contributed by atoms with Crippen molar-refractivity contribution < 1.29 is 34.8 Å². The lowest BCUT2D eigenvalue weighted by atomic mass is 9.50. The van der Waals surface area contributed by atoms with Gasteiger partial charge in [0.1, 0.15) is 22.8 Å². The Bertz CT molecular complexity index is 1330. The van der Waals surface area contributed by atoms with Crippen molar-refractivity contribution in [2.24, 2.45) is 17.1 Å². The fourth-order valence-electron chi connectivity index (χ4n) is 7.34. The molecule has 0 aromatic heterocycles. The van der Waals surface area contributed by atoms with Crippen molar-refractivity contribution in [1.82, 2.24) is 9.80 Å². The average molecular weight is 540 g/mol. The van der Waals surface area contributed by atoms with E-state index in [0.29, 0.717) is 25.1 Å².